The summed E-state index contributed by atoms with van der Waals surface area (Å²) in [5, 5.41) is 9.90. The Kier molecular flexibility index (Phi) is 3.28. The number of anilines is 1. The van der Waals surface area contributed by atoms with Crippen LogP contribution in [0.5, 0.6) is 5.75 Å². The zero-order chi connectivity index (χ0) is 13.1. The van der Waals surface area contributed by atoms with Crippen molar-refractivity contribution < 1.29 is 9.90 Å². The molecule has 0 saturated heterocycles. The molecule has 0 fully saturated rings. The number of aromatic hydroxyl groups is 1. The predicted molar refractivity (Wildman–Crippen MR) is 69.8 cm³/mol. The Morgan fingerprint density at radius 1 is 1.22 bits per heavy atom. The van der Waals surface area contributed by atoms with Gasteiger partial charge in [-0.1, -0.05) is 18.2 Å². The number of carbonyl (C=O) groups is 1. The van der Waals surface area contributed by atoms with E-state index < -0.39 is 0 Å². The van der Waals surface area contributed by atoms with Crippen LogP contribution in [0.1, 0.15) is 15.9 Å². The van der Waals surface area contributed by atoms with Gasteiger partial charge in [-0.3, -0.25) is 9.69 Å². The molecule has 4 nitrogen and oxygen atoms in total. The monoisotopic (exact) mass is 242 g/mol. The van der Waals surface area contributed by atoms with Crippen LogP contribution >= 0.6 is 0 Å². The van der Waals surface area contributed by atoms with E-state index in [1.165, 1.54) is 4.90 Å². The molecule has 1 N–H and O–H groups in total. The van der Waals surface area contributed by atoms with E-state index in [4.69, 9.17) is 0 Å². The molecule has 18 heavy (non-hydrogen) atoms. The first-order valence-corrected chi connectivity index (χ1v) is 5.59. The number of aryl methyl sites for hydroxylation is 1. The molecule has 0 aliphatic rings. The maximum atomic E-state index is 12.2. The van der Waals surface area contributed by atoms with Gasteiger partial charge in [0, 0.05) is 13.2 Å². The van der Waals surface area contributed by atoms with Crippen molar-refractivity contribution in [3.63, 3.8) is 0 Å². The predicted octanol–water partition coefficient (Wildman–Crippen LogP) is 2.37. The molecule has 0 radical (unpaired) electrons. The molecule has 0 spiro atoms. The Labute approximate surface area is 106 Å². The quantitative estimate of drug-likeness (QED) is 0.879. The maximum absolute atomic E-state index is 12.2. The number of hydrogen-bond donors (Lipinski definition) is 1. The second-order valence-electron chi connectivity index (χ2n) is 4.02. The van der Waals surface area contributed by atoms with Crippen LogP contribution in [0, 0.1) is 6.92 Å². The molecule has 92 valence electrons. The lowest BCUT2D eigenvalue weighted by atomic mass is 10.1. The van der Waals surface area contributed by atoms with Gasteiger partial charge in [-0.05, 0) is 30.7 Å². The summed E-state index contributed by atoms with van der Waals surface area (Å²) in [4.78, 5) is 17.8. The van der Waals surface area contributed by atoms with Gasteiger partial charge < -0.3 is 5.11 Å². The number of aromatic nitrogens is 1. The molecule has 2 aromatic rings. The first-order valence-electron chi connectivity index (χ1n) is 5.59. The van der Waals surface area contributed by atoms with Gasteiger partial charge in [0.05, 0.1) is 5.56 Å². The Morgan fingerprint density at radius 3 is 2.67 bits per heavy atom. The Bertz CT molecular complexity index is 567. The van der Waals surface area contributed by atoms with Crippen molar-refractivity contribution in [2.24, 2.45) is 0 Å². The normalized spacial score (nSPS) is 10.1. The Hall–Kier alpha value is -2.36. The van der Waals surface area contributed by atoms with Gasteiger partial charge in [0.1, 0.15) is 11.6 Å². The Balaban J connectivity index is 2.35. The molecule has 0 saturated carbocycles. The van der Waals surface area contributed by atoms with E-state index >= 15 is 0 Å². The lowest BCUT2D eigenvalue weighted by molar-refractivity contribution is 0.0989. The van der Waals surface area contributed by atoms with Crippen LogP contribution in [0.4, 0.5) is 5.82 Å². The van der Waals surface area contributed by atoms with E-state index in [-0.39, 0.29) is 17.2 Å². The highest BCUT2D eigenvalue weighted by molar-refractivity contribution is 6.07. The number of phenols is 1. The molecule has 0 atom stereocenters. The lowest BCUT2D eigenvalue weighted by Crippen LogP contribution is -2.27. The Morgan fingerprint density at radius 2 is 2.00 bits per heavy atom. The summed E-state index contributed by atoms with van der Waals surface area (Å²) in [6.07, 6.45) is 1.62. The van der Waals surface area contributed by atoms with E-state index in [2.05, 4.69) is 4.98 Å². The van der Waals surface area contributed by atoms with Gasteiger partial charge in [-0.2, -0.15) is 0 Å². The van der Waals surface area contributed by atoms with Crippen molar-refractivity contribution in [1.29, 1.82) is 0 Å². The second kappa shape index (κ2) is 4.87. The summed E-state index contributed by atoms with van der Waals surface area (Å²) in [6.45, 7) is 1.76. The van der Waals surface area contributed by atoms with Gasteiger partial charge in [0.25, 0.3) is 5.91 Å². The summed E-state index contributed by atoms with van der Waals surface area (Å²) in [5.74, 6) is 0.281. The number of pyridine rings is 1. The lowest BCUT2D eigenvalue weighted by Gasteiger charge is -2.17. The number of para-hydroxylation sites is 1. The van der Waals surface area contributed by atoms with E-state index in [9.17, 15) is 9.90 Å². The number of rotatable bonds is 2. The summed E-state index contributed by atoms with van der Waals surface area (Å²) in [6, 6.07) is 10.4. The second-order valence-corrected chi connectivity index (χ2v) is 4.02. The standard InChI is InChI=1S/C14H14N2O2/c1-10-6-5-7-11(13(10)17)14(18)16(2)12-8-3-4-9-15-12/h3-9,17H,1-2H3. The van der Waals surface area contributed by atoms with Crippen LogP contribution in [0.25, 0.3) is 0 Å². The maximum Gasteiger partial charge on any atom is 0.262 e. The van der Waals surface area contributed by atoms with Crippen LogP contribution in [0.15, 0.2) is 42.6 Å². The minimum absolute atomic E-state index is 0.0188. The smallest absolute Gasteiger partial charge is 0.262 e. The highest BCUT2D eigenvalue weighted by Gasteiger charge is 2.18. The van der Waals surface area contributed by atoms with E-state index in [0.29, 0.717) is 11.4 Å². The average molecular weight is 242 g/mol. The van der Waals surface area contributed by atoms with Crippen LogP contribution in [-0.4, -0.2) is 23.0 Å². The molecule has 4 heteroatoms. The average Bonchev–Trinajstić information content (AvgIpc) is 2.41. The summed E-state index contributed by atoms with van der Waals surface area (Å²) in [5.41, 5.74) is 0.957. The number of phenolic OH excluding ortho intramolecular Hbond substituents is 1. The number of benzene rings is 1. The highest BCUT2D eigenvalue weighted by Crippen LogP contribution is 2.23. The van der Waals surface area contributed by atoms with Crippen molar-refractivity contribution in [3.8, 4) is 5.75 Å². The summed E-state index contributed by atoms with van der Waals surface area (Å²) >= 11 is 0. The molecule has 1 heterocycles. The van der Waals surface area contributed by atoms with Gasteiger partial charge in [-0.15, -0.1) is 0 Å². The third-order valence-electron chi connectivity index (χ3n) is 2.77. The van der Waals surface area contributed by atoms with Crippen molar-refractivity contribution in [2.45, 2.75) is 6.92 Å². The first kappa shape index (κ1) is 12.1. The number of hydrogen-bond acceptors (Lipinski definition) is 3. The molecule has 0 aliphatic heterocycles. The first-order chi connectivity index (χ1) is 8.61. The van der Waals surface area contributed by atoms with Crippen molar-refractivity contribution >= 4 is 11.7 Å². The third kappa shape index (κ3) is 2.18. The minimum atomic E-state index is -0.282. The molecule has 1 amide bonds. The number of carbonyl (C=O) groups excluding carboxylic acids is 1. The van der Waals surface area contributed by atoms with Gasteiger partial charge in [-0.25, -0.2) is 4.98 Å². The van der Waals surface area contributed by atoms with Gasteiger partial charge in [0.15, 0.2) is 0 Å². The fraction of sp³-hybridized carbons (Fsp3) is 0.143. The zero-order valence-corrected chi connectivity index (χ0v) is 10.3. The van der Waals surface area contributed by atoms with E-state index in [0.717, 1.165) is 0 Å². The van der Waals surface area contributed by atoms with E-state index in [1.807, 2.05) is 6.07 Å². The highest BCUT2D eigenvalue weighted by atomic mass is 16.3. The molecule has 2 rings (SSSR count). The molecule has 1 aromatic carbocycles. The molecule has 1 aromatic heterocycles. The third-order valence-corrected chi connectivity index (χ3v) is 2.77. The van der Waals surface area contributed by atoms with Crippen LogP contribution < -0.4 is 4.90 Å². The van der Waals surface area contributed by atoms with Gasteiger partial charge in [0.2, 0.25) is 0 Å². The fourth-order valence-corrected chi connectivity index (χ4v) is 1.67. The van der Waals surface area contributed by atoms with Crippen molar-refractivity contribution in [3.05, 3.63) is 53.7 Å². The van der Waals surface area contributed by atoms with Crippen LogP contribution in [0.3, 0.4) is 0 Å². The molecular formula is C14H14N2O2. The summed E-state index contributed by atoms with van der Waals surface area (Å²) in [7, 11) is 1.63. The summed E-state index contributed by atoms with van der Waals surface area (Å²) < 4.78 is 0. The van der Waals surface area contributed by atoms with Crippen molar-refractivity contribution in [1.82, 2.24) is 4.98 Å². The number of amides is 1. The molecule has 0 bridgehead atoms. The van der Waals surface area contributed by atoms with E-state index in [1.54, 1.807) is 50.5 Å². The van der Waals surface area contributed by atoms with Crippen molar-refractivity contribution in [2.75, 3.05) is 11.9 Å². The molecule has 0 unspecified atom stereocenters. The van der Waals surface area contributed by atoms with Crippen LogP contribution in [-0.2, 0) is 0 Å². The number of nitrogens with zero attached hydrogens (tertiary/aromatic N) is 2. The van der Waals surface area contributed by atoms with Crippen LogP contribution in [0.2, 0.25) is 0 Å². The topological polar surface area (TPSA) is 53.4 Å². The fourth-order valence-electron chi connectivity index (χ4n) is 1.67. The zero-order valence-electron chi connectivity index (χ0n) is 10.3. The largest absolute Gasteiger partial charge is 0.507 e. The van der Waals surface area contributed by atoms with Gasteiger partial charge >= 0.3 is 0 Å². The minimum Gasteiger partial charge on any atom is -0.507 e. The SMILES string of the molecule is Cc1cccc(C(=O)N(C)c2ccccn2)c1O. The molecule has 0 aliphatic carbocycles. The molecular weight excluding hydrogens is 228 g/mol.